The summed E-state index contributed by atoms with van der Waals surface area (Å²) in [7, 11) is 0. The van der Waals surface area contributed by atoms with Crippen molar-refractivity contribution >= 4 is 17.6 Å². The Hall–Kier alpha value is -1.20. The standard InChI is InChI=1S/C10H14N2O2S/c11-10(12-14)9-3-1-2-8(6-9)7-15-5-4-13/h1-3,6,13-14H,4-5,7H2,(H2,11,12). The highest BCUT2D eigenvalue weighted by Crippen LogP contribution is 2.13. The van der Waals surface area contributed by atoms with Gasteiger partial charge in [0.15, 0.2) is 5.84 Å². The molecule has 0 aliphatic carbocycles. The maximum Gasteiger partial charge on any atom is 0.170 e. The SMILES string of the molecule is N/C(=N\O)c1cccc(CSCCO)c1. The molecule has 0 bridgehead atoms. The van der Waals surface area contributed by atoms with Crippen molar-refractivity contribution in [3.63, 3.8) is 0 Å². The lowest BCUT2D eigenvalue weighted by Crippen LogP contribution is -2.13. The average molecular weight is 226 g/mol. The van der Waals surface area contributed by atoms with Crippen molar-refractivity contribution < 1.29 is 10.3 Å². The first kappa shape index (κ1) is 11.9. The van der Waals surface area contributed by atoms with Gasteiger partial charge in [-0.25, -0.2) is 0 Å². The molecule has 0 amide bonds. The molecule has 1 aromatic rings. The van der Waals surface area contributed by atoms with Crippen LogP contribution in [0.25, 0.3) is 0 Å². The number of benzene rings is 1. The Kier molecular flexibility index (Phi) is 5.00. The summed E-state index contributed by atoms with van der Waals surface area (Å²) in [5, 5.41) is 20.1. The third kappa shape index (κ3) is 3.81. The van der Waals surface area contributed by atoms with Crippen LogP contribution >= 0.6 is 11.8 Å². The molecule has 4 nitrogen and oxygen atoms in total. The number of hydrogen-bond acceptors (Lipinski definition) is 4. The molecule has 5 heteroatoms. The summed E-state index contributed by atoms with van der Waals surface area (Å²) in [6.45, 7) is 0.185. The molecule has 1 aromatic carbocycles. The zero-order chi connectivity index (χ0) is 11.1. The average Bonchev–Trinajstić information content (AvgIpc) is 2.29. The van der Waals surface area contributed by atoms with Crippen LogP contribution in [0.1, 0.15) is 11.1 Å². The molecule has 0 atom stereocenters. The third-order valence-electron chi connectivity index (χ3n) is 1.83. The zero-order valence-electron chi connectivity index (χ0n) is 8.26. The van der Waals surface area contributed by atoms with Gasteiger partial charge in [-0.2, -0.15) is 11.8 Å². The number of nitrogens with two attached hydrogens (primary N) is 1. The third-order valence-corrected chi connectivity index (χ3v) is 2.84. The number of thioether (sulfide) groups is 1. The molecule has 0 aliphatic heterocycles. The molecule has 82 valence electrons. The Balaban J connectivity index is 2.66. The van der Waals surface area contributed by atoms with Crippen molar-refractivity contribution in [2.75, 3.05) is 12.4 Å². The quantitative estimate of drug-likeness (QED) is 0.230. The van der Waals surface area contributed by atoms with E-state index in [1.54, 1.807) is 17.8 Å². The fraction of sp³-hybridized carbons (Fsp3) is 0.300. The number of rotatable bonds is 5. The number of oxime groups is 1. The Morgan fingerprint density at radius 1 is 1.47 bits per heavy atom. The second kappa shape index (κ2) is 6.31. The van der Waals surface area contributed by atoms with E-state index in [0.29, 0.717) is 11.3 Å². The fourth-order valence-corrected chi connectivity index (χ4v) is 1.82. The van der Waals surface area contributed by atoms with E-state index in [4.69, 9.17) is 16.0 Å². The van der Waals surface area contributed by atoms with Gasteiger partial charge in [-0.1, -0.05) is 23.4 Å². The molecule has 0 aliphatic rings. The first-order chi connectivity index (χ1) is 7.27. The van der Waals surface area contributed by atoms with Gasteiger partial charge < -0.3 is 16.0 Å². The predicted octanol–water partition coefficient (Wildman–Crippen LogP) is 1.01. The van der Waals surface area contributed by atoms with Crippen LogP contribution in [-0.4, -0.2) is 28.5 Å². The molecule has 4 N–H and O–H groups in total. The summed E-state index contributed by atoms with van der Waals surface area (Å²) in [5.74, 6) is 1.64. The molecular weight excluding hydrogens is 212 g/mol. The maximum atomic E-state index is 8.63. The van der Waals surface area contributed by atoms with Crippen molar-refractivity contribution in [2.24, 2.45) is 10.9 Å². The Morgan fingerprint density at radius 3 is 2.93 bits per heavy atom. The normalized spacial score (nSPS) is 11.7. The van der Waals surface area contributed by atoms with E-state index in [1.165, 1.54) is 0 Å². The monoisotopic (exact) mass is 226 g/mol. The Morgan fingerprint density at radius 2 is 2.27 bits per heavy atom. The first-order valence-corrected chi connectivity index (χ1v) is 5.69. The highest BCUT2D eigenvalue weighted by molar-refractivity contribution is 7.98. The number of amidine groups is 1. The second-order valence-corrected chi connectivity index (χ2v) is 4.07. The molecular formula is C10H14N2O2S. The van der Waals surface area contributed by atoms with E-state index in [-0.39, 0.29) is 12.4 Å². The van der Waals surface area contributed by atoms with Crippen LogP contribution in [0, 0.1) is 0 Å². The molecule has 1 rings (SSSR count). The number of hydrogen-bond donors (Lipinski definition) is 3. The van der Waals surface area contributed by atoms with E-state index in [9.17, 15) is 0 Å². The van der Waals surface area contributed by atoms with E-state index >= 15 is 0 Å². The molecule has 0 heterocycles. The molecule has 0 unspecified atom stereocenters. The maximum absolute atomic E-state index is 8.63. The number of aliphatic hydroxyl groups is 1. The molecule has 0 saturated heterocycles. The van der Waals surface area contributed by atoms with Crippen LogP contribution < -0.4 is 5.73 Å². The van der Waals surface area contributed by atoms with Gasteiger partial charge in [0.25, 0.3) is 0 Å². The van der Waals surface area contributed by atoms with Gasteiger partial charge >= 0.3 is 0 Å². The van der Waals surface area contributed by atoms with Gasteiger partial charge in [-0.15, -0.1) is 0 Å². The van der Waals surface area contributed by atoms with Gasteiger partial charge in [-0.3, -0.25) is 0 Å². The molecule has 0 aromatic heterocycles. The lowest BCUT2D eigenvalue weighted by Gasteiger charge is -2.03. The smallest absolute Gasteiger partial charge is 0.170 e. The van der Waals surface area contributed by atoms with Crippen LogP contribution in [0.5, 0.6) is 0 Å². The van der Waals surface area contributed by atoms with Crippen LogP contribution in [0.4, 0.5) is 0 Å². The van der Waals surface area contributed by atoms with Crippen LogP contribution in [0.15, 0.2) is 29.4 Å². The minimum atomic E-state index is 0.115. The predicted molar refractivity (Wildman–Crippen MR) is 62.2 cm³/mol. The van der Waals surface area contributed by atoms with Gasteiger partial charge in [-0.05, 0) is 11.6 Å². The summed E-state index contributed by atoms with van der Waals surface area (Å²) in [6, 6.07) is 7.50. The fourth-order valence-electron chi connectivity index (χ4n) is 1.13. The summed E-state index contributed by atoms with van der Waals surface area (Å²) >= 11 is 1.64. The molecule has 15 heavy (non-hydrogen) atoms. The number of aliphatic hydroxyl groups excluding tert-OH is 1. The van der Waals surface area contributed by atoms with Gasteiger partial charge in [0.1, 0.15) is 0 Å². The van der Waals surface area contributed by atoms with Gasteiger partial charge in [0.2, 0.25) is 0 Å². The highest BCUT2D eigenvalue weighted by atomic mass is 32.2. The lowest BCUT2D eigenvalue weighted by atomic mass is 10.1. The molecule has 0 fully saturated rings. The summed E-state index contributed by atoms with van der Waals surface area (Å²) < 4.78 is 0. The molecule has 0 saturated carbocycles. The summed E-state index contributed by atoms with van der Waals surface area (Å²) in [4.78, 5) is 0. The Bertz CT molecular complexity index is 342. The second-order valence-electron chi connectivity index (χ2n) is 2.96. The van der Waals surface area contributed by atoms with Crippen LogP contribution in [0.3, 0.4) is 0 Å². The van der Waals surface area contributed by atoms with Crippen LogP contribution in [0.2, 0.25) is 0 Å². The topological polar surface area (TPSA) is 78.8 Å². The van der Waals surface area contributed by atoms with E-state index in [0.717, 1.165) is 11.3 Å². The van der Waals surface area contributed by atoms with Crippen molar-refractivity contribution in [3.05, 3.63) is 35.4 Å². The van der Waals surface area contributed by atoms with Crippen molar-refractivity contribution in [2.45, 2.75) is 5.75 Å². The molecule has 0 spiro atoms. The van der Waals surface area contributed by atoms with Crippen LogP contribution in [-0.2, 0) is 5.75 Å². The minimum absolute atomic E-state index is 0.115. The lowest BCUT2D eigenvalue weighted by molar-refractivity contribution is 0.318. The van der Waals surface area contributed by atoms with E-state index < -0.39 is 0 Å². The largest absolute Gasteiger partial charge is 0.409 e. The van der Waals surface area contributed by atoms with E-state index in [1.807, 2.05) is 18.2 Å². The minimum Gasteiger partial charge on any atom is -0.409 e. The number of nitrogens with zero attached hydrogens (tertiary/aromatic N) is 1. The van der Waals surface area contributed by atoms with Crippen molar-refractivity contribution in [3.8, 4) is 0 Å². The zero-order valence-corrected chi connectivity index (χ0v) is 9.07. The first-order valence-electron chi connectivity index (χ1n) is 4.53. The van der Waals surface area contributed by atoms with Crippen molar-refractivity contribution in [1.29, 1.82) is 0 Å². The van der Waals surface area contributed by atoms with Crippen molar-refractivity contribution in [1.82, 2.24) is 0 Å². The summed E-state index contributed by atoms with van der Waals surface area (Å²) in [5.41, 5.74) is 7.27. The van der Waals surface area contributed by atoms with Gasteiger partial charge in [0, 0.05) is 17.1 Å². The van der Waals surface area contributed by atoms with E-state index in [2.05, 4.69) is 5.16 Å². The molecule has 0 radical (unpaired) electrons. The summed E-state index contributed by atoms with van der Waals surface area (Å²) in [6.07, 6.45) is 0. The Labute approximate surface area is 92.8 Å². The highest BCUT2D eigenvalue weighted by Gasteiger charge is 2.00. The van der Waals surface area contributed by atoms with Gasteiger partial charge in [0.05, 0.1) is 6.61 Å².